The summed E-state index contributed by atoms with van der Waals surface area (Å²) in [7, 11) is 0. The molecular weight excluding hydrogens is 212 g/mol. The molecule has 0 saturated carbocycles. The monoisotopic (exact) mass is 228 g/mol. The first kappa shape index (κ1) is 11.6. The number of fused-ring (bicyclic) bond motifs is 1. The number of pyridine rings is 1. The number of nitrogens with one attached hydrogen (secondary N) is 1. The zero-order valence-electron chi connectivity index (χ0n) is 9.94. The third-order valence-corrected chi connectivity index (χ3v) is 2.66. The van der Waals surface area contributed by atoms with Crippen LogP contribution in [0.2, 0.25) is 0 Å². The van der Waals surface area contributed by atoms with Gasteiger partial charge in [-0.3, -0.25) is 9.78 Å². The van der Waals surface area contributed by atoms with Gasteiger partial charge in [-0.2, -0.15) is 0 Å². The lowest BCUT2D eigenvalue weighted by Gasteiger charge is -2.04. The van der Waals surface area contributed by atoms with E-state index in [9.17, 15) is 4.79 Å². The summed E-state index contributed by atoms with van der Waals surface area (Å²) in [6, 6.07) is 10.3. The van der Waals surface area contributed by atoms with E-state index in [2.05, 4.69) is 22.4 Å². The zero-order valence-corrected chi connectivity index (χ0v) is 9.94. The van der Waals surface area contributed by atoms with Crippen LogP contribution in [0, 0.1) is 0 Å². The average Bonchev–Trinajstić information content (AvgIpc) is 2.34. The highest BCUT2D eigenvalue weighted by atomic mass is 16.1. The van der Waals surface area contributed by atoms with Crippen LogP contribution in [0.15, 0.2) is 36.5 Å². The van der Waals surface area contributed by atoms with Gasteiger partial charge in [0.2, 0.25) is 5.91 Å². The lowest BCUT2D eigenvalue weighted by molar-refractivity contribution is -0.118. The van der Waals surface area contributed by atoms with Crippen molar-refractivity contribution in [2.45, 2.75) is 19.8 Å². The van der Waals surface area contributed by atoms with Gasteiger partial charge in [0.15, 0.2) is 0 Å². The Kier molecular flexibility index (Phi) is 3.70. The van der Waals surface area contributed by atoms with Crippen LogP contribution >= 0.6 is 0 Å². The Labute approximate surface area is 101 Å². The maximum atomic E-state index is 10.7. The Hall–Kier alpha value is -1.90. The van der Waals surface area contributed by atoms with E-state index in [4.69, 9.17) is 0 Å². The third-order valence-electron chi connectivity index (χ3n) is 2.66. The normalized spacial score (nSPS) is 10.4. The lowest BCUT2D eigenvalue weighted by atomic mass is 10.1. The second kappa shape index (κ2) is 5.43. The van der Waals surface area contributed by atoms with E-state index < -0.39 is 0 Å². The Bertz CT molecular complexity index is 522. The van der Waals surface area contributed by atoms with Crippen LogP contribution in [0.1, 0.15) is 18.9 Å². The van der Waals surface area contributed by atoms with Crippen molar-refractivity contribution in [3.05, 3.63) is 42.1 Å². The number of aromatic nitrogens is 1. The molecule has 0 aliphatic heterocycles. The highest BCUT2D eigenvalue weighted by Crippen LogP contribution is 2.13. The van der Waals surface area contributed by atoms with Gasteiger partial charge in [0.05, 0.1) is 5.52 Å². The first-order valence-electron chi connectivity index (χ1n) is 5.84. The molecule has 3 heteroatoms. The Morgan fingerprint density at radius 3 is 3.00 bits per heavy atom. The Balaban J connectivity index is 1.97. The van der Waals surface area contributed by atoms with Crippen molar-refractivity contribution in [3.8, 4) is 0 Å². The highest BCUT2D eigenvalue weighted by Gasteiger charge is 1.98. The van der Waals surface area contributed by atoms with Gasteiger partial charge in [-0.1, -0.05) is 18.2 Å². The van der Waals surface area contributed by atoms with E-state index in [1.54, 1.807) is 0 Å². The number of carbonyl (C=O) groups excluding carboxylic acids is 1. The summed E-state index contributed by atoms with van der Waals surface area (Å²) in [6.07, 6.45) is 3.80. The number of aryl methyl sites for hydroxylation is 1. The number of para-hydroxylation sites is 1. The second-order valence-electron chi connectivity index (χ2n) is 4.12. The number of carbonyl (C=O) groups is 1. The molecule has 88 valence electrons. The molecule has 0 bridgehead atoms. The number of amides is 1. The quantitative estimate of drug-likeness (QED) is 0.816. The molecule has 0 radical (unpaired) electrons. The van der Waals surface area contributed by atoms with Crippen LogP contribution in [0.3, 0.4) is 0 Å². The lowest BCUT2D eigenvalue weighted by Crippen LogP contribution is -2.21. The van der Waals surface area contributed by atoms with Gasteiger partial charge in [0.25, 0.3) is 0 Å². The minimum Gasteiger partial charge on any atom is -0.356 e. The molecule has 1 N–H and O–H groups in total. The summed E-state index contributed by atoms with van der Waals surface area (Å²) in [5.41, 5.74) is 2.24. The number of rotatable bonds is 4. The number of benzene rings is 1. The smallest absolute Gasteiger partial charge is 0.216 e. The highest BCUT2D eigenvalue weighted by molar-refractivity contribution is 5.78. The SMILES string of the molecule is CC(=O)NCCCc1cnc2ccccc2c1. The summed E-state index contributed by atoms with van der Waals surface area (Å²) in [4.78, 5) is 15.1. The molecule has 0 atom stereocenters. The van der Waals surface area contributed by atoms with Crippen LogP contribution < -0.4 is 5.32 Å². The molecule has 0 aliphatic carbocycles. The molecule has 0 unspecified atom stereocenters. The Morgan fingerprint density at radius 1 is 1.35 bits per heavy atom. The average molecular weight is 228 g/mol. The fourth-order valence-corrected chi connectivity index (χ4v) is 1.81. The van der Waals surface area contributed by atoms with Crippen LogP contribution in [0.5, 0.6) is 0 Å². The molecule has 0 fully saturated rings. The zero-order chi connectivity index (χ0) is 12.1. The van der Waals surface area contributed by atoms with E-state index in [-0.39, 0.29) is 5.91 Å². The summed E-state index contributed by atoms with van der Waals surface area (Å²) >= 11 is 0. The fraction of sp³-hybridized carbons (Fsp3) is 0.286. The van der Waals surface area contributed by atoms with E-state index in [1.807, 2.05) is 24.4 Å². The number of hydrogen-bond acceptors (Lipinski definition) is 2. The van der Waals surface area contributed by atoms with Gasteiger partial charge in [0, 0.05) is 25.1 Å². The van der Waals surface area contributed by atoms with E-state index in [0.717, 1.165) is 24.9 Å². The molecule has 2 rings (SSSR count). The van der Waals surface area contributed by atoms with Crippen molar-refractivity contribution in [2.24, 2.45) is 0 Å². The van der Waals surface area contributed by atoms with Gasteiger partial charge in [-0.15, -0.1) is 0 Å². The minimum absolute atomic E-state index is 0.0293. The van der Waals surface area contributed by atoms with Gasteiger partial charge in [-0.25, -0.2) is 0 Å². The molecule has 3 nitrogen and oxygen atoms in total. The largest absolute Gasteiger partial charge is 0.356 e. The summed E-state index contributed by atoms with van der Waals surface area (Å²) in [5, 5.41) is 3.96. The third kappa shape index (κ3) is 3.28. The number of hydrogen-bond donors (Lipinski definition) is 1. The summed E-state index contributed by atoms with van der Waals surface area (Å²) in [5.74, 6) is 0.0293. The van der Waals surface area contributed by atoms with Gasteiger partial charge in [0.1, 0.15) is 0 Å². The van der Waals surface area contributed by atoms with Crippen molar-refractivity contribution in [1.29, 1.82) is 0 Å². The predicted octanol–water partition coefficient (Wildman–Crippen LogP) is 2.30. The minimum atomic E-state index is 0.0293. The van der Waals surface area contributed by atoms with Crippen molar-refractivity contribution in [1.82, 2.24) is 10.3 Å². The second-order valence-corrected chi connectivity index (χ2v) is 4.12. The molecule has 0 spiro atoms. The van der Waals surface area contributed by atoms with Crippen molar-refractivity contribution >= 4 is 16.8 Å². The standard InChI is InChI=1S/C14H16N2O/c1-11(17)15-8-4-5-12-9-13-6-2-3-7-14(13)16-10-12/h2-3,6-7,9-10H,4-5,8H2,1H3,(H,15,17). The Morgan fingerprint density at radius 2 is 2.18 bits per heavy atom. The molecule has 0 aliphatic rings. The van der Waals surface area contributed by atoms with Gasteiger partial charge >= 0.3 is 0 Å². The molecule has 1 amide bonds. The first-order chi connectivity index (χ1) is 8.25. The van der Waals surface area contributed by atoms with E-state index >= 15 is 0 Å². The summed E-state index contributed by atoms with van der Waals surface area (Å²) < 4.78 is 0. The predicted molar refractivity (Wildman–Crippen MR) is 68.7 cm³/mol. The first-order valence-corrected chi connectivity index (χ1v) is 5.84. The molecular formula is C14H16N2O. The van der Waals surface area contributed by atoms with E-state index in [1.165, 1.54) is 17.9 Å². The molecule has 0 saturated heterocycles. The van der Waals surface area contributed by atoms with Crippen LogP contribution in [0.4, 0.5) is 0 Å². The van der Waals surface area contributed by atoms with Gasteiger partial charge < -0.3 is 5.32 Å². The van der Waals surface area contributed by atoms with Crippen LogP contribution in [-0.4, -0.2) is 17.4 Å². The molecule has 1 aromatic heterocycles. The molecule has 1 aromatic carbocycles. The van der Waals surface area contributed by atoms with E-state index in [0.29, 0.717) is 0 Å². The summed E-state index contributed by atoms with van der Waals surface area (Å²) in [6.45, 7) is 2.26. The van der Waals surface area contributed by atoms with Crippen molar-refractivity contribution in [3.63, 3.8) is 0 Å². The van der Waals surface area contributed by atoms with Crippen LogP contribution in [0.25, 0.3) is 10.9 Å². The van der Waals surface area contributed by atoms with Crippen molar-refractivity contribution < 1.29 is 4.79 Å². The fourth-order valence-electron chi connectivity index (χ4n) is 1.81. The maximum Gasteiger partial charge on any atom is 0.216 e. The van der Waals surface area contributed by atoms with Crippen molar-refractivity contribution in [2.75, 3.05) is 6.54 Å². The molecule has 1 heterocycles. The topological polar surface area (TPSA) is 42.0 Å². The maximum absolute atomic E-state index is 10.7. The molecule has 2 aromatic rings. The van der Waals surface area contributed by atoms with Crippen LogP contribution in [-0.2, 0) is 11.2 Å². The van der Waals surface area contributed by atoms with Gasteiger partial charge in [-0.05, 0) is 30.5 Å². The number of nitrogens with zero attached hydrogens (tertiary/aromatic N) is 1. The molecule has 17 heavy (non-hydrogen) atoms.